The van der Waals surface area contributed by atoms with Gasteiger partial charge < -0.3 is 5.32 Å². The molecule has 1 N–H and O–H groups in total. The molecule has 15 heavy (non-hydrogen) atoms. The second kappa shape index (κ2) is 8.15. The monoisotopic (exact) mass is 213 g/mol. The van der Waals surface area contributed by atoms with Gasteiger partial charge in [0.15, 0.2) is 0 Å². The molecule has 0 saturated heterocycles. The molecule has 1 unspecified atom stereocenters. The van der Waals surface area contributed by atoms with E-state index in [0.29, 0.717) is 6.04 Å². The van der Waals surface area contributed by atoms with E-state index in [-0.39, 0.29) is 0 Å². The first-order valence-corrected chi connectivity index (χ1v) is 6.66. The van der Waals surface area contributed by atoms with E-state index in [2.05, 4.69) is 46.9 Å². The van der Waals surface area contributed by atoms with Gasteiger partial charge in [0.1, 0.15) is 0 Å². The summed E-state index contributed by atoms with van der Waals surface area (Å²) >= 11 is 0. The van der Waals surface area contributed by atoms with Crippen molar-refractivity contribution in [3.8, 4) is 0 Å². The summed E-state index contributed by atoms with van der Waals surface area (Å²) in [7, 11) is 0. The lowest BCUT2D eigenvalue weighted by molar-refractivity contribution is 0.315. The molecular formula is C14H31N. The van der Waals surface area contributed by atoms with Gasteiger partial charge in [-0.3, -0.25) is 0 Å². The van der Waals surface area contributed by atoms with Crippen LogP contribution in [0, 0.1) is 17.8 Å². The van der Waals surface area contributed by atoms with Crippen molar-refractivity contribution in [3.05, 3.63) is 0 Å². The molecule has 1 heteroatoms. The van der Waals surface area contributed by atoms with Crippen LogP contribution in [0.4, 0.5) is 0 Å². The van der Waals surface area contributed by atoms with Crippen molar-refractivity contribution < 1.29 is 0 Å². The minimum absolute atomic E-state index is 0.622. The maximum atomic E-state index is 3.57. The Balaban J connectivity index is 3.73. The average Bonchev–Trinajstić information content (AvgIpc) is 2.09. The molecule has 0 aromatic carbocycles. The van der Waals surface area contributed by atoms with Gasteiger partial charge in [0.25, 0.3) is 0 Å². The molecule has 92 valence electrons. The maximum absolute atomic E-state index is 3.57. The van der Waals surface area contributed by atoms with Crippen LogP contribution in [0.2, 0.25) is 0 Å². The average molecular weight is 213 g/mol. The van der Waals surface area contributed by atoms with E-state index in [0.717, 1.165) is 17.8 Å². The van der Waals surface area contributed by atoms with E-state index in [4.69, 9.17) is 0 Å². The fourth-order valence-corrected chi connectivity index (χ4v) is 1.85. The van der Waals surface area contributed by atoms with E-state index >= 15 is 0 Å². The Kier molecular flexibility index (Phi) is 8.13. The third kappa shape index (κ3) is 8.92. The molecule has 1 nitrogen and oxygen atoms in total. The SMILES string of the molecule is CC(C)CCCC(CNC(C)C)C(C)C. The van der Waals surface area contributed by atoms with Crippen LogP contribution < -0.4 is 5.32 Å². The summed E-state index contributed by atoms with van der Waals surface area (Å²) in [6.07, 6.45) is 4.15. The highest BCUT2D eigenvalue weighted by molar-refractivity contribution is 4.68. The molecule has 1 atom stereocenters. The van der Waals surface area contributed by atoms with Crippen LogP contribution >= 0.6 is 0 Å². The Morgan fingerprint density at radius 1 is 0.867 bits per heavy atom. The molecule has 0 rings (SSSR count). The zero-order valence-corrected chi connectivity index (χ0v) is 11.6. The summed E-state index contributed by atoms with van der Waals surface area (Å²) in [5.74, 6) is 2.52. The highest BCUT2D eigenvalue weighted by atomic mass is 14.9. The molecule has 0 radical (unpaired) electrons. The van der Waals surface area contributed by atoms with Gasteiger partial charge >= 0.3 is 0 Å². The lowest BCUT2D eigenvalue weighted by Gasteiger charge is -2.23. The summed E-state index contributed by atoms with van der Waals surface area (Å²) in [5.41, 5.74) is 0. The molecule has 0 fully saturated rings. The minimum atomic E-state index is 0.622. The Bertz CT molecular complexity index is 138. The molecular weight excluding hydrogens is 182 g/mol. The zero-order valence-electron chi connectivity index (χ0n) is 11.6. The second-order valence-electron chi connectivity index (χ2n) is 5.89. The maximum Gasteiger partial charge on any atom is 0.00104 e. The van der Waals surface area contributed by atoms with Crippen molar-refractivity contribution in [2.24, 2.45) is 17.8 Å². The summed E-state index contributed by atoms with van der Waals surface area (Å²) < 4.78 is 0. The van der Waals surface area contributed by atoms with E-state index in [1.165, 1.54) is 25.8 Å². The number of nitrogens with one attached hydrogen (secondary N) is 1. The van der Waals surface area contributed by atoms with Crippen LogP contribution in [0.3, 0.4) is 0 Å². The van der Waals surface area contributed by atoms with Crippen molar-refractivity contribution in [2.75, 3.05) is 6.54 Å². The van der Waals surface area contributed by atoms with E-state index in [1.807, 2.05) is 0 Å². The van der Waals surface area contributed by atoms with Gasteiger partial charge in [-0.2, -0.15) is 0 Å². The quantitative estimate of drug-likeness (QED) is 0.640. The fourth-order valence-electron chi connectivity index (χ4n) is 1.85. The molecule has 0 spiro atoms. The molecule has 0 aromatic heterocycles. The lowest BCUT2D eigenvalue weighted by Crippen LogP contribution is -2.31. The van der Waals surface area contributed by atoms with Crippen molar-refractivity contribution >= 4 is 0 Å². The van der Waals surface area contributed by atoms with Gasteiger partial charge in [-0.25, -0.2) is 0 Å². The van der Waals surface area contributed by atoms with Crippen molar-refractivity contribution in [1.82, 2.24) is 5.32 Å². The minimum Gasteiger partial charge on any atom is -0.314 e. The topological polar surface area (TPSA) is 12.0 Å². The van der Waals surface area contributed by atoms with Gasteiger partial charge in [-0.05, 0) is 30.7 Å². The van der Waals surface area contributed by atoms with Crippen LogP contribution in [0.15, 0.2) is 0 Å². The van der Waals surface area contributed by atoms with Gasteiger partial charge in [0, 0.05) is 6.04 Å². The third-order valence-electron chi connectivity index (χ3n) is 3.09. The Labute approximate surface area is 97.0 Å². The highest BCUT2D eigenvalue weighted by Gasteiger charge is 2.13. The number of hydrogen-bond acceptors (Lipinski definition) is 1. The Morgan fingerprint density at radius 2 is 1.47 bits per heavy atom. The first kappa shape index (κ1) is 15.0. The van der Waals surface area contributed by atoms with Gasteiger partial charge in [0.05, 0.1) is 0 Å². The predicted molar refractivity (Wildman–Crippen MR) is 70.2 cm³/mol. The third-order valence-corrected chi connectivity index (χ3v) is 3.09. The summed E-state index contributed by atoms with van der Waals surface area (Å²) in [6.45, 7) is 15.0. The fraction of sp³-hybridized carbons (Fsp3) is 1.00. The standard InChI is InChI=1S/C14H31N/c1-11(2)8-7-9-14(12(3)4)10-15-13(5)6/h11-15H,7-10H2,1-6H3. The van der Waals surface area contributed by atoms with Crippen LogP contribution in [-0.4, -0.2) is 12.6 Å². The highest BCUT2D eigenvalue weighted by Crippen LogP contribution is 2.19. The van der Waals surface area contributed by atoms with Gasteiger partial charge in [0.2, 0.25) is 0 Å². The number of rotatable bonds is 8. The van der Waals surface area contributed by atoms with E-state index < -0.39 is 0 Å². The molecule has 0 bridgehead atoms. The van der Waals surface area contributed by atoms with Crippen LogP contribution in [-0.2, 0) is 0 Å². The molecule has 0 aromatic rings. The van der Waals surface area contributed by atoms with Crippen molar-refractivity contribution in [1.29, 1.82) is 0 Å². The van der Waals surface area contributed by atoms with Crippen molar-refractivity contribution in [2.45, 2.75) is 66.8 Å². The smallest absolute Gasteiger partial charge is 0.00104 e. The van der Waals surface area contributed by atoms with E-state index in [1.54, 1.807) is 0 Å². The molecule has 0 aliphatic heterocycles. The molecule has 0 amide bonds. The van der Waals surface area contributed by atoms with E-state index in [9.17, 15) is 0 Å². The first-order valence-electron chi connectivity index (χ1n) is 6.66. The Morgan fingerprint density at radius 3 is 1.87 bits per heavy atom. The second-order valence-corrected chi connectivity index (χ2v) is 5.89. The van der Waals surface area contributed by atoms with Crippen LogP contribution in [0.1, 0.15) is 60.8 Å². The Hall–Kier alpha value is -0.0400. The zero-order chi connectivity index (χ0) is 11.8. The summed E-state index contributed by atoms with van der Waals surface area (Å²) in [4.78, 5) is 0. The lowest BCUT2D eigenvalue weighted by atomic mass is 9.89. The predicted octanol–water partition coefficient (Wildman–Crippen LogP) is 4.08. The van der Waals surface area contributed by atoms with Crippen LogP contribution in [0.25, 0.3) is 0 Å². The summed E-state index contributed by atoms with van der Waals surface area (Å²) in [6, 6.07) is 0.622. The van der Waals surface area contributed by atoms with Crippen molar-refractivity contribution in [3.63, 3.8) is 0 Å². The molecule has 0 aliphatic rings. The normalized spacial score (nSPS) is 14.2. The molecule has 0 saturated carbocycles. The molecule has 0 aliphatic carbocycles. The molecule has 0 heterocycles. The summed E-state index contributed by atoms with van der Waals surface area (Å²) in [5, 5.41) is 3.57. The van der Waals surface area contributed by atoms with Gasteiger partial charge in [-0.1, -0.05) is 54.4 Å². The largest absolute Gasteiger partial charge is 0.314 e. The first-order chi connectivity index (χ1) is 6.93. The van der Waals surface area contributed by atoms with Gasteiger partial charge in [-0.15, -0.1) is 0 Å². The number of hydrogen-bond donors (Lipinski definition) is 1. The van der Waals surface area contributed by atoms with Crippen LogP contribution in [0.5, 0.6) is 0 Å².